The van der Waals surface area contributed by atoms with E-state index < -0.39 is 0 Å². The average Bonchev–Trinajstić information content (AvgIpc) is 2.18. The Morgan fingerprint density at radius 2 is 1.93 bits per heavy atom. The molecule has 0 spiro atoms. The van der Waals surface area contributed by atoms with E-state index in [4.69, 9.17) is 5.73 Å². The van der Waals surface area contributed by atoms with Gasteiger partial charge in [-0.1, -0.05) is 6.92 Å². The van der Waals surface area contributed by atoms with Crippen molar-refractivity contribution < 1.29 is 5.32 Å². The Hall–Kier alpha value is -0.120. The number of nitrogens with zero attached hydrogens (tertiary/aromatic N) is 1. The summed E-state index contributed by atoms with van der Waals surface area (Å²) in [5.74, 6) is 1.66. The Bertz CT molecular complexity index is 217. The van der Waals surface area contributed by atoms with Gasteiger partial charge < -0.3 is 11.1 Å². The van der Waals surface area contributed by atoms with Gasteiger partial charge >= 0.3 is 0 Å². The molecule has 0 aromatic rings. The molecule has 1 saturated heterocycles. The minimum atomic E-state index is 0.426. The quantitative estimate of drug-likeness (QED) is 0.641. The monoisotopic (exact) mass is 212 g/mol. The van der Waals surface area contributed by atoms with Crippen LogP contribution in [0.15, 0.2) is 0 Å². The molecule has 2 rings (SSSR count). The van der Waals surface area contributed by atoms with E-state index in [-0.39, 0.29) is 0 Å². The number of fused-ring (bicyclic) bond motifs is 1. The van der Waals surface area contributed by atoms with Gasteiger partial charge in [0.05, 0.1) is 6.04 Å². The van der Waals surface area contributed by atoms with E-state index in [1.54, 1.807) is 0 Å². The zero-order valence-corrected chi connectivity index (χ0v) is 10.3. The lowest BCUT2D eigenvalue weighted by Gasteiger charge is -2.44. The van der Waals surface area contributed by atoms with Crippen LogP contribution in [-0.2, 0) is 0 Å². The van der Waals surface area contributed by atoms with Gasteiger partial charge in [0.1, 0.15) is 6.17 Å². The van der Waals surface area contributed by atoms with Crippen molar-refractivity contribution in [2.24, 2.45) is 17.6 Å². The minimum Gasteiger partial charge on any atom is -0.329 e. The van der Waals surface area contributed by atoms with Gasteiger partial charge in [-0.3, -0.25) is 4.90 Å². The van der Waals surface area contributed by atoms with Crippen molar-refractivity contribution in [1.29, 1.82) is 0 Å². The van der Waals surface area contributed by atoms with Crippen molar-refractivity contribution in [1.82, 2.24) is 4.90 Å². The first-order valence-electron chi connectivity index (χ1n) is 6.35. The van der Waals surface area contributed by atoms with Gasteiger partial charge in [0.25, 0.3) is 0 Å². The third-order valence-corrected chi connectivity index (χ3v) is 4.41. The van der Waals surface area contributed by atoms with Gasteiger partial charge in [-0.15, -0.1) is 0 Å². The molecule has 3 nitrogen and oxygen atoms in total. The molecule has 5 atom stereocenters. The summed E-state index contributed by atoms with van der Waals surface area (Å²) < 4.78 is 0. The Morgan fingerprint density at radius 1 is 1.20 bits per heavy atom. The van der Waals surface area contributed by atoms with Crippen LogP contribution in [0.2, 0.25) is 0 Å². The van der Waals surface area contributed by atoms with Crippen LogP contribution < -0.4 is 11.1 Å². The second-order valence-corrected chi connectivity index (χ2v) is 5.87. The van der Waals surface area contributed by atoms with Crippen LogP contribution in [0, 0.1) is 11.8 Å². The second kappa shape index (κ2) is 4.40. The van der Waals surface area contributed by atoms with E-state index in [1.165, 1.54) is 19.3 Å². The normalized spacial score (nSPS) is 46.6. The second-order valence-electron chi connectivity index (χ2n) is 5.87. The summed E-state index contributed by atoms with van der Waals surface area (Å²) in [6.07, 6.45) is 5.87. The molecular formula is C12H26N3+. The van der Waals surface area contributed by atoms with Crippen molar-refractivity contribution in [2.45, 2.75) is 50.9 Å². The maximum atomic E-state index is 6.33. The van der Waals surface area contributed by atoms with Gasteiger partial charge in [0.2, 0.25) is 0 Å². The largest absolute Gasteiger partial charge is 0.329 e. The number of hydrogen-bond donors (Lipinski definition) is 2. The molecule has 5 unspecified atom stereocenters. The minimum absolute atomic E-state index is 0.426. The van der Waals surface area contributed by atoms with E-state index in [0.717, 1.165) is 24.3 Å². The van der Waals surface area contributed by atoms with E-state index >= 15 is 0 Å². The first-order chi connectivity index (χ1) is 7.08. The Morgan fingerprint density at radius 3 is 2.60 bits per heavy atom. The molecule has 0 radical (unpaired) electrons. The zero-order chi connectivity index (χ0) is 11.0. The summed E-state index contributed by atoms with van der Waals surface area (Å²) in [5, 5.41) is 2.57. The molecule has 15 heavy (non-hydrogen) atoms. The zero-order valence-electron chi connectivity index (χ0n) is 10.3. The Labute approximate surface area is 93.4 Å². The highest BCUT2D eigenvalue weighted by Gasteiger charge is 2.42. The Balaban J connectivity index is 2.01. The molecule has 0 amide bonds. The fourth-order valence-electron chi connectivity index (χ4n) is 3.38. The maximum absolute atomic E-state index is 6.33. The van der Waals surface area contributed by atoms with E-state index in [2.05, 4.69) is 31.2 Å². The lowest BCUT2D eigenvalue weighted by molar-refractivity contribution is -0.755. The first-order valence-corrected chi connectivity index (χ1v) is 6.35. The molecule has 1 saturated carbocycles. The molecule has 0 aromatic carbocycles. The standard InChI is InChI=1S/C12H25N3/c1-8-4-5-11-9(6-8)10(13)7-12(14-11)15(2)3/h8-12,14H,4-7,13H2,1-3H3/p+1. The number of quaternary nitrogens is 1. The van der Waals surface area contributed by atoms with Crippen LogP contribution in [0.4, 0.5) is 0 Å². The van der Waals surface area contributed by atoms with Crippen molar-refractivity contribution in [2.75, 3.05) is 14.1 Å². The summed E-state index contributed by atoms with van der Waals surface area (Å²) in [6.45, 7) is 2.38. The third kappa shape index (κ3) is 2.35. The fraction of sp³-hybridized carbons (Fsp3) is 1.00. The smallest absolute Gasteiger partial charge is 0.143 e. The molecule has 0 aromatic heterocycles. The predicted octanol–water partition coefficient (Wildman–Crippen LogP) is -0.0267. The van der Waals surface area contributed by atoms with Gasteiger partial charge in [-0.2, -0.15) is 0 Å². The number of rotatable bonds is 1. The van der Waals surface area contributed by atoms with Crippen LogP contribution in [0.3, 0.4) is 0 Å². The molecule has 88 valence electrons. The van der Waals surface area contributed by atoms with Crippen LogP contribution in [0.5, 0.6) is 0 Å². The van der Waals surface area contributed by atoms with Gasteiger partial charge in [-0.25, -0.2) is 0 Å². The van der Waals surface area contributed by atoms with E-state index in [9.17, 15) is 0 Å². The molecule has 2 aliphatic rings. The van der Waals surface area contributed by atoms with Crippen molar-refractivity contribution in [3.8, 4) is 0 Å². The highest BCUT2D eigenvalue weighted by Crippen LogP contribution is 2.32. The predicted molar refractivity (Wildman–Crippen MR) is 62.3 cm³/mol. The van der Waals surface area contributed by atoms with Crippen molar-refractivity contribution >= 4 is 0 Å². The molecular weight excluding hydrogens is 186 g/mol. The van der Waals surface area contributed by atoms with Crippen molar-refractivity contribution in [3.63, 3.8) is 0 Å². The number of nitrogens with two attached hydrogens (primary N) is 2. The molecule has 1 aliphatic heterocycles. The summed E-state index contributed by atoms with van der Waals surface area (Å²) in [6, 6.07) is 1.22. The lowest BCUT2D eigenvalue weighted by atomic mass is 9.72. The SMILES string of the molecule is CC1CCC2[NH2+]C(N(C)C)CC(N)C2C1. The van der Waals surface area contributed by atoms with Gasteiger partial charge in [0, 0.05) is 18.4 Å². The molecule has 1 heterocycles. The summed E-state index contributed by atoms with van der Waals surface area (Å²) >= 11 is 0. The molecule has 0 bridgehead atoms. The topological polar surface area (TPSA) is 45.9 Å². The number of hydrogen-bond acceptors (Lipinski definition) is 2. The summed E-state index contributed by atoms with van der Waals surface area (Å²) in [7, 11) is 4.33. The summed E-state index contributed by atoms with van der Waals surface area (Å²) in [5.41, 5.74) is 6.33. The molecule has 3 heteroatoms. The Kier molecular flexibility index (Phi) is 3.33. The first kappa shape index (κ1) is 11.4. The van der Waals surface area contributed by atoms with Crippen LogP contribution in [-0.4, -0.2) is 37.2 Å². The summed E-state index contributed by atoms with van der Waals surface area (Å²) in [4.78, 5) is 2.31. The van der Waals surface area contributed by atoms with Crippen LogP contribution in [0.25, 0.3) is 0 Å². The van der Waals surface area contributed by atoms with Crippen molar-refractivity contribution in [3.05, 3.63) is 0 Å². The van der Waals surface area contributed by atoms with Gasteiger partial charge in [0.15, 0.2) is 0 Å². The van der Waals surface area contributed by atoms with Gasteiger partial charge in [-0.05, 0) is 39.3 Å². The highest BCUT2D eigenvalue weighted by molar-refractivity contribution is 4.88. The number of piperidine rings is 1. The van der Waals surface area contributed by atoms with E-state index in [1.807, 2.05) is 0 Å². The fourth-order valence-corrected chi connectivity index (χ4v) is 3.38. The van der Waals surface area contributed by atoms with Crippen LogP contribution >= 0.6 is 0 Å². The third-order valence-electron chi connectivity index (χ3n) is 4.41. The molecule has 1 aliphatic carbocycles. The lowest BCUT2D eigenvalue weighted by Crippen LogP contribution is -3.02. The highest BCUT2D eigenvalue weighted by atomic mass is 15.3. The molecule has 2 fully saturated rings. The van der Waals surface area contributed by atoms with E-state index in [0.29, 0.717) is 12.2 Å². The van der Waals surface area contributed by atoms with Crippen LogP contribution in [0.1, 0.15) is 32.6 Å². The maximum Gasteiger partial charge on any atom is 0.143 e. The molecule has 4 N–H and O–H groups in total. The average molecular weight is 212 g/mol.